The highest BCUT2D eigenvalue weighted by Crippen LogP contribution is 2.63. The second kappa shape index (κ2) is 7.98. The number of benzene rings is 1. The molecule has 1 aromatic carbocycles. The van der Waals surface area contributed by atoms with E-state index in [1.54, 1.807) is 4.90 Å². The minimum atomic E-state index is 0.00192. The molecule has 1 saturated heterocycles. The Kier molecular flexibility index (Phi) is 5.11. The van der Waals surface area contributed by atoms with Crippen LogP contribution in [0.3, 0.4) is 0 Å². The maximum absolute atomic E-state index is 12.5. The van der Waals surface area contributed by atoms with E-state index in [1.807, 2.05) is 23.9 Å². The molecule has 6 rings (SSSR count). The van der Waals surface area contributed by atoms with Crippen molar-refractivity contribution >= 4 is 29.0 Å². The van der Waals surface area contributed by atoms with Gasteiger partial charge in [0, 0.05) is 29.1 Å². The van der Waals surface area contributed by atoms with E-state index in [-0.39, 0.29) is 23.3 Å². The van der Waals surface area contributed by atoms with Gasteiger partial charge in [0.25, 0.3) is 5.91 Å². The van der Waals surface area contributed by atoms with Gasteiger partial charge in [-0.3, -0.25) is 9.59 Å². The molecule has 2 bridgehead atoms. The number of thioether (sulfide) groups is 1. The Morgan fingerprint density at radius 2 is 2.06 bits per heavy atom. The molecule has 4 aliphatic rings. The molecule has 5 atom stereocenters. The largest absolute Gasteiger partial charge is 0.484 e. The number of hydrogen-bond acceptors (Lipinski definition) is 6. The highest BCUT2D eigenvalue weighted by Gasteiger charge is 2.54. The van der Waals surface area contributed by atoms with Crippen LogP contribution in [0.5, 0.6) is 5.75 Å². The fourth-order valence-corrected chi connectivity index (χ4v) is 8.96. The molecule has 3 heterocycles. The predicted molar refractivity (Wildman–Crippen MR) is 120 cm³/mol. The van der Waals surface area contributed by atoms with E-state index in [2.05, 4.69) is 17.1 Å². The zero-order chi connectivity index (χ0) is 20.9. The lowest BCUT2D eigenvalue weighted by Crippen LogP contribution is -2.43. The van der Waals surface area contributed by atoms with E-state index < -0.39 is 0 Å². The van der Waals surface area contributed by atoms with Crippen molar-refractivity contribution in [2.24, 2.45) is 17.8 Å². The number of carbonyl (C=O) groups excluding carboxylic acids is 1. The third-order valence-corrected chi connectivity index (χ3v) is 10.0. The monoisotopic (exact) mass is 458 g/mol. The number of thiazole rings is 1. The number of H-pyrrole nitrogens is 1. The number of nitrogens with zero attached hydrogens (tertiary/aromatic N) is 1. The van der Waals surface area contributed by atoms with Crippen molar-refractivity contribution in [3.63, 3.8) is 0 Å². The van der Waals surface area contributed by atoms with Crippen LogP contribution in [0.2, 0.25) is 0 Å². The molecule has 1 aromatic heterocycles. The first kappa shape index (κ1) is 19.9. The van der Waals surface area contributed by atoms with E-state index in [9.17, 15) is 9.59 Å². The highest BCUT2D eigenvalue weighted by atomic mass is 32.2. The fraction of sp³-hybridized carbons (Fsp3) is 0.565. The Labute approximate surface area is 189 Å². The van der Waals surface area contributed by atoms with Crippen LogP contribution >= 0.6 is 23.1 Å². The van der Waals surface area contributed by atoms with Gasteiger partial charge in [-0.05, 0) is 54.7 Å². The lowest BCUT2D eigenvalue weighted by atomic mass is 9.75. The molecule has 0 spiro atoms. The van der Waals surface area contributed by atoms with E-state index >= 15 is 0 Å². The number of hydrogen-bond donors (Lipinski definition) is 1. The molecular weight excluding hydrogens is 432 g/mol. The number of amides is 1. The second-order valence-corrected chi connectivity index (χ2v) is 11.2. The smallest absolute Gasteiger partial charge is 0.305 e. The van der Waals surface area contributed by atoms with E-state index in [4.69, 9.17) is 9.47 Å². The number of aromatic nitrogens is 1. The standard InChI is InChI=1S/C23H26N2O4S2/c26-17(25-6-8-28-9-7-25)12-29-16-3-1-2-13(11-16)19-18-14-4-5-15(10-14)20(18)30-22-21(19)31-23(27)24-22/h1-3,11,14-15,18-20H,4-10,12H2,(H,24,27)/t14?,15?,18?,19-,20?/m1/s1. The van der Waals surface area contributed by atoms with Crippen molar-refractivity contribution in [2.75, 3.05) is 32.9 Å². The Hall–Kier alpha value is -1.77. The SMILES string of the molecule is O=C(COc1cccc([C@H]2c3sc(=O)[nH]c3SC3C4CCC(C4)C32)c1)N1CCOCC1. The summed E-state index contributed by atoms with van der Waals surface area (Å²) in [5.74, 6) is 3.05. The summed E-state index contributed by atoms with van der Waals surface area (Å²) in [6.07, 6.45) is 3.95. The molecule has 4 unspecified atom stereocenters. The molecule has 2 aliphatic heterocycles. The van der Waals surface area contributed by atoms with Crippen molar-refractivity contribution in [2.45, 2.75) is 35.5 Å². The Balaban J connectivity index is 1.26. The molecule has 164 valence electrons. The zero-order valence-electron chi connectivity index (χ0n) is 17.2. The molecule has 0 radical (unpaired) electrons. The van der Waals surface area contributed by atoms with Gasteiger partial charge in [0.15, 0.2) is 6.61 Å². The van der Waals surface area contributed by atoms with Gasteiger partial charge in [0.05, 0.1) is 18.2 Å². The van der Waals surface area contributed by atoms with Gasteiger partial charge in [0.1, 0.15) is 5.75 Å². The normalized spacial score (nSPS) is 31.4. The van der Waals surface area contributed by atoms with E-state index in [1.165, 1.54) is 41.0 Å². The minimum absolute atomic E-state index is 0.00192. The van der Waals surface area contributed by atoms with Crippen molar-refractivity contribution in [1.29, 1.82) is 0 Å². The fourth-order valence-electron chi connectivity index (χ4n) is 6.07. The summed E-state index contributed by atoms with van der Waals surface area (Å²) in [4.78, 5) is 30.8. The predicted octanol–water partition coefficient (Wildman–Crippen LogP) is 3.33. The molecule has 2 aromatic rings. The minimum Gasteiger partial charge on any atom is -0.484 e. The summed E-state index contributed by atoms with van der Waals surface area (Å²) in [5, 5.41) is 1.66. The van der Waals surface area contributed by atoms with Crippen LogP contribution in [-0.2, 0) is 9.53 Å². The Morgan fingerprint density at radius 3 is 2.94 bits per heavy atom. The molecule has 1 N–H and O–H groups in total. The van der Waals surface area contributed by atoms with Crippen molar-refractivity contribution in [1.82, 2.24) is 9.88 Å². The van der Waals surface area contributed by atoms with Gasteiger partial charge >= 0.3 is 4.87 Å². The Morgan fingerprint density at radius 1 is 1.23 bits per heavy atom. The first-order valence-corrected chi connectivity index (χ1v) is 12.8. The third-order valence-electron chi connectivity index (χ3n) is 7.41. The van der Waals surface area contributed by atoms with Gasteiger partial charge in [-0.15, -0.1) is 11.8 Å². The van der Waals surface area contributed by atoms with Crippen LogP contribution in [0.4, 0.5) is 0 Å². The topological polar surface area (TPSA) is 71.6 Å². The van der Waals surface area contributed by atoms with Crippen LogP contribution in [-0.4, -0.2) is 54.0 Å². The second-order valence-electron chi connectivity index (χ2n) is 9.03. The first-order valence-electron chi connectivity index (χ1n) is 11.2. The average Bonchev–Trinajstić information content (AvgIpc) is 3.51. The maximum atomic E-state index is 12.5. The van der Waals surface area contributed by atoms with E-state index in [0.717, 1.165) is 22.6 Å². The molecule has 31 heavy (non-hydrogen) atoms. The van der Waals surface area contributed by atoms with Crippen LogP contribution in [0.1, 0.15) is 35.6 Å². The number of nitrogens with one attached hydrogen (secondary N) is 1. The summed E-state index contributed by atoms with van der Waals surface area (Å²) >= 11 is 3.27. The lowest BCUT2D eigenvalue weighted by Gasteiger charge is -2.40. The van der Waals surface area contributed by atoms with Crippen LogP contribution in [0, 0.1) is 17.8 Å². The van der Waals surface area contributed by atoms with Gasteiger partial charge in [-0.2, -0.15) is 0 Å². The van der Waals surface area contributed by atoms with Gasteiger partial charge in [-0.25, -0.2) is 0 Å². The van der Waals surface area contributed by atoms with E-state index in [0.29, 0.717) is 37.5 Å². The highest BCUT2D eigenvalue weighted by molar-refractivity contribution is 8.00. The summed E-state index contributed by atoms with van der Waals surface area (Å²) < 4.78 is 11.2. The summed E-state index contributed by atoms with van der Waals surface area (Å²) in [6, 6.07) is 8.19. The van der Waals surface area contributed by atoms with Gasteiger partial charge in [-0.1, -0.05) is 23.5 Å². The molecule has 1 amide bonds. The van der Waals surface area contributed by atoms with Gasteiger partial charge in [0.2, 0.25) is 0 Å². The summed E-state index contributed by atoms with van der Waals surface area (Å²) in [5.41, 5.74) is 1.20. The molecule has 3 fully saturated rings. The zero-order valence-corrected chi connectivity index (χ0v) is 18.9. The quantitative estimate of drug-likeness (QED) is 0.761. The van der Waals surface area contributed by atoms with Crippen molar-refractivity contribution in [3.8, 4) is 5.75 Å². The number of aromatic amines is 1. The van der Waals surface area contributed by atoms with Crippen LogP contribution in [0.15, 0.2) is 34.1 Å². The molecule has 6 nitrogen and oxygen atoms in total. The number of carbonyl (C=O) groups is 1. The summed E-state index contributed by atoms with van der Waals surface area (Å²) in [7, 11) is 0. The van der Waals surface area contributed by atoms with Crippen molar-refractivity contribution < 1.29 is 14.3 Å². The molecule has 8 heteroatoms. The number of morpholine rings is 1. The number of ether oxygens (including phenoxy) is 2. The molecule has 2 saturated carbocycles. The average molecular weight is 459 g/mol. The lowest BCUT2D eigenvalue weighted by molar-refractivity contribution is -0.137. The van der Waals surface area contributed by atoms with Gasteiger partial charge < -0.3 is 19.4 Å². The molecular formula is C23H26N2O4S2. The van der Waals surface area contributed by atoms with Crippen molar-refractivity contribution in [3.05, 3.63) is 44.4 Å². The summed E-state index contributed by atoms with van der Waals surface area (Å²) in [6.45, 7) is 2.48. The van der Waals surface area contributed by atoms with Crippen LogP contribution < -0.4 is 9.61 Å². The third kappa shape index (κ3) is 3.52. The Bertz CT molecular complexity index is 1040. The number of fused-ring (bicyclic) bond motifs is 6. The number of rotatable bonds is 4. The molecule has 2 aliphatic carbocycles. The first-order chi connectivity index (χ1) is 15.2. The van der Waals surface area contributed by atoms with Crippen LogP contribution in [0.25, 0.3) is 0 Å². The maximum Gasteiger partial charge on any atom is 0.305 e.